The number of hydrogen-bond acceptors (Lipinski definition) is 8. The van der Waals surface area contributed by atoms with Gasteiger partial charge in [-0.3, -0.25) is 9.59 Å². The monoisotopic (exact) mass is 514 g/mol. The van der Waals surface area contributed by atoms with Gasteiger partial charge < -0.3 is 9.05 Å². The van der Waals surface area contributed by atoms with Crippen LogP contribution in [0.2, 0.25) is 0 Å². The molecule has 0 radical (unpaired) electrons. The second kappa shape index (κ2) is 9.85. The van der Waals surface area contributed by atoms with E-state index in [9.17, 15) is 28.8 Å². The first-order chi connectivity index (χ1) is 18.3. The fourth-order valence-electron chi connectivity index (χ4n) is 3.83. The first-order valence-electron chi connectivity index (χ1n) is 11.2. The molecule has 2 heterocycles. The van der Waals surface area contributed by atoms with Crippen LogP contribution in [0.5, 0.6) is 0 Å². The summed E-state index contributed by atoms with van der Waals surface area (Å²) in [4.78, 5) is 75.5. The lowest BCUT2D eigenvalue weighted by atomic mass is 9.96. The van der Waals surface area contributed by atoms with Crippen LogP contribution < -0.4 is 22.9 Å². The van der Waals surface area contributed by atoms with Crippen LogP contribution in [-0.2, 0) is 13.1 Å². The normalized spacial score (nSPS) is 10.9. The molecule has 5 aromatic rings. The van der Waals surface area contributed by atoms with Crippen molar-refractivity contribution in [1.82, 2.24) is 19.4 Å². The number of nitrogens with zero attached hydrogens (tertiary/aromatic N) is 2. The third-order valence-electron chi connectivity index (χ3n) is 5.73. The molecule has 0 aliphatic heterocycles. The van der Waals surface area contributed by atoms with Crippen molar-refractivity contribution < 1.29 is 18.6 Å². The molecule has 38 heavy (non-hydrogen) atoms. The molecule has 0 aliphatic rings. The van der Waals surface area contributed by atoms with Gasteiger partial charge in [-0.15, -0.1) is 9.48 Å². The summed E-state index contributed by atoms with van der Waals surface area (Å²) >= 11 is 0. The fourth-order valence-corrected chi connectivity index (χ4v) is 3.83. The molecule has 12 heteroatoms. The van der Waals surface area contributed by atoms with Gasteiger partial charge in [-0.2, -0.15) is 0 Å². The number of benzene rings is 3. The summed E-state index contributed by atoms with van der Waals surface area (Å²) in [6.07, 6.45) is 0. The van der Waals surface area contributed by atoms with Crippen LogP contribution in [0.15, 0.2) is 101 Å². The fraction of sp³-hybridized carbons (Fsp3) is 0.0769. The maximum absolute atomic E-state index is 13.0. The van der Waals surface area contributed by atoms with Crippen molar-refractivity contribution in [3.8, 4) is 0 Å². The van der Waals surface area contributed by atoms with Gasteiger partial charge in [0.2, 0.25) is 0 Å². The van der Waals surface area contributed by atoms with Crippen molar-refractivity contribution in [2.75, 3.05) is 0 Å². The Morgan fingerprint density at radius 2 is 0.974 bits per heavy atom. The molecule has 0 unspecified atom stereocenters. The molecule has 0 spiro atoms. The highest BCUT2D eigenvalue weighted by atomic mass is 16.5. The lowest BCUT2D eigenvalue weighted by molar-refractivity contribution is 0.103. The second-order valence-electron chi connectivity index (χ2n) is 8.32. The van der Waals surface area contributed by atoms with Gasteiger partial charge in [0.25, 0.3) is 0 Å². The number of hydrogen-bond donors (Lipinski definition) is 2. The average Bonchev–Trinajstić information content (AvgIpc) is 3.41. The minimum Gasteiger partial charge on any atom is -0.317 e. The van der Waals surface area contributed by atoms with Gasteiger partial charge in [0.1, 0.15) is 0 Å². The summed E-state index contributed by atoms with van der Waals surface area (Å²) in [5.41, 5.74) is 1.32. The van der Waals surface area contributed by atoms with Gasteiger partial charge in [-0.1, -0.05) is 66.7 Å². The highest BCUT2D eigenvalue weighted by molar-refractivity contribution is 6.13. The molecule has 2 N–H and O–H groups in total. The lowest BCUT2D eigenvalue weighted by Crippen LogP contribution is -2.17. The second-order valence-corrected chi connectivity index (χ2v) is 8.32. The molecule has 5 rings (SSSR count). The average molecular weight is 514 g/mol. The van der Waals surface area contributed by atoms with Crippen LogP contribution >= 0.6 is 0 Å². The Hall–Kier alpha value is -5.52. The van der Waals surface area contributed by atoms with Gasteiger partial charge in [-0.05, 0) is 17.2 Å². The zero-order valence-electron chi connectivity index (χ0n) is 19.5. The van der Waals surface area contributed by atoms with E-state index in [0.29, 0.717) is 33.4 Å². The predicted octanol–water partition coefficient (Wildman–Crippen LogP) is 1.13. The number of H-pyrrole nitrogens is 2. The van der Waals surface area contributed by atoms with Crippen molar-refractivity contribution in [2.45, 2.75) is 13.1 Å². The highest BCUT2D eigenvalue weighted by Crippen LogP contribution is 2.17. The largest absolute Gasteiger partial charge is 0.440 e. The lowest BCUT2D eigenvalue weighted by Gasteiger charge is -2.07. The quantitative estimate of drug-likeness (QED) is 0.290. The van der Waals surface area contributed by atoms with Crippen molar-refractivity contribution in [3.05, 3.63) is 148 Å². The van der Waals surface area contributed by atoms with Crippen LogP contribution in [0.25, 0.3) is 0 Å². The number of carbonyl (C=O) groups is 2. The molecule has 190 valence electrons. The zero-order valence-corrected chi connectivity index (χ0v) is 19.5. The van der Waals surface area contributed by atoms with E-state index in [2.05, 4.69) is 0 Å². The predicted molar refractivity (Wildman–Crippen MR) is 132 cm³/mol. The topological polar surface area (TPSA) is 170 Å². The van der Waals surface area contributed by atoms with Crippen LogP contribution in [0.4, 0.5) is 0 Å². The van der Waals surface area contributed by atoms with Crippen LogP contribution in [0.1, 0.15) is 43.0 Å². The molecule has 0 fully saturated rings. The van der Waals surface area contributed by atoms with Crippen LogP contribution in [-0.4, -0.2) is 31.0 Å². The summed E-state index contributed by atoms with van der Waals surface area (Å²) in [5.74, 6) is -2.30. The Kier molecular flexibility index (Phi) is 6.27. The zero-order chi connectivity index (χ0) is 26.8. The summed E-state index contributed by atoms with van der Waals surface area (Å²) < 4.78 is 11.2. The first-order valence-corrected chi connectivity index (χ1v) is 11.2. The minimum atomic E-state index is -0.851. The Labute approximate surface area is 211 Å². The molecule has 2 aromatic heterocycles. The third-order valence-corrected chi connectivity index (χ3v) is 5.73. The Morgan fingerprint density at radius 1 is 0.579 bits per heavy atom. The molecule has 0 saturated carbocycles. The summed E-state index contributed by atoms with van der Waals surface area (Å²) in [7, 11) is 0. The molecule has 0 saturated heterocycles. The van der Waals surface area contributed by atoms with E-state index in [1.165, 1.54) is 6.07 Å². The number of aromatic nitrogens is 4. The maximum atomic E-state index is 13.0. The van der Waals surface area contributed by atoms with Gasteiger partial charge in [0.05, 0.1) is 13.1 Å². The maximum Gasteiger partial charge on any atom is 0.440 e. The molecular formula is C26H18N4O8. The summed E-state index contributed by atoms with van der Waals surface area (Å²) in [5, 5.41) is 0. The van der Waals surface area contributed by atoms with E-state index in [0.717, 1.165) is 9.48 Å². The van der Waals surface area contributed by atoms with E-state index >= 15 is 0 Å². The van der Waals surface area contributed by atoms with Gasteiger partial charge in [0.15, 0.2) is 11.6 Å². The van der Waals surface area contributed by atoms with Gasteiger partial charge in [0, 0.05) is 22.3 Å². The number of nitrogens with one attached hydrogen (secondary N) is 2. The Balaban J connectivity index is 1.30. The molecular weight excluding hydrogens is 496 g/mol. The number of carbonyl (C=O) groups excluding carboxylic acids is 2. The summed E-state index contributed by atoms with van der Waals surface area (Å²) in [6.45, 7) is 0.0381. The minimum absolute atomic E-state index is 0.0190. The SMILES string of the molecule is O=C(c1ccc(Cn2oc(=O)[nH]c2=O)cc1)c1cccc(C(=O)c2ccc(Cn3oc(=O)[nH]c3=O)cc2)c1. The first kappa shape index (κ1) is 24.2. The summed E-state index contributed by atoms with van der Waals surface area (Å²) in [6, 6.07) is 19.2. The van der Waals surface area contributed by atoms with Crippen LogP contribution in [0, 0.1) is 0 Å². The molecule has 3 aromatic carbocycles. The number of ketones is 2. The molecule has 0 bridgehead atoms. The van der Waals surface area contributed by atoms with Crippen molar-refractivity contribution in [1.29, 1.82) is 0 Å². The van der Waals surface area contributed by atoms with Gasteiger partial charge in [-0.25, -0.2) is 29.1 Å². The van der Waals surface area contributed by atoms with Crippen molar-refractivity contribution >= 4 is 11.6 Å². The van der Waals surface area contributed by atoms with E-state index in [-0.39, 0.29) is 24.7 Å². The molecule has 0 amide bonds. The highest BCUT2D eigenvalue weighted by Gasteiger charge is 2.15. The third kappa shape index (κ3) is 5.04. The smallest absolute Gasteiger partial charge is 0.317 e. The van der Waals surface area contributed by atoms with Crippen molar-refractivity contribution in [2.24, 2.45) is 0 Å². The number of rotatable bonds is 8. The Morgan fingerprint density at radius 3 is 1.32 bits per heavy atom. The number of aromatic amines is 2. The van der Waals surface area contributed by atoms with Crippen LogP contribution in [0.3, 0.4) is 0 Å². The van der Waals surface area contributed by atoms with E-state index in [1.807, 2.05) is 9.97 Å². The standard InChI is InChI=1S/C26H18N4O8/c31-21(17-8-4-15(5-9-17)13-29-23(33)27-25(35)37-29)19-2-1-3-20(12-19)22(32)18-10-6-16(7-11-18)14-30-24(34)28-26(36)38-30/h1-12H,13-14H2,(H,27,33,35)(H,28,34,36). The van der Waals surface area contributed by atoms with Crippen molar-refractivity contribution in [3.63, 3.8) is 0 Å². The van der Waals surface area contributed by atoms with Gasteiger partial charge >= 0.3 is 22.9 Å². The molecule has 0 aliphatic carbocycles. The molecule has 12 nitrogen and oxygen atoms in total. The van der Waals surface area contributed by atoms with E-state index in [1.54, 1.807) is 66.7 Å². The van der Waals surface area contributed by atoms with E-state index < -0.39 is 22.9 Å². The van der Waals surface area contributed by atoms with E-state index in [4.69, 9.17) is 9.05 Å². The molecule has 0 atom stereocenters. The Bertz CT molecular complexity index is 1740.